The summed E-state index contributed by atoms with van der Waals surface area (Å²) in [6.45, 7) is 2.35. The number of aliphatic imine (C=N–C) groups is 1. The third kappa shape index (κ3) is 3.99. The lowest BCUT2D eigenvalue weighted by atomic mass is 10.0. The molecule has 0 fully saturated rings. The predicted octanol–water partition coefficient (Wildman–Crippen LogP) is 3.07. The van der Waals surface area contributed by atoms with Crippen LogP contribution in [0.4, 0.5) is 0 Å². The van der Waals surface area contributed by atoms with E-state index in [9.17, 15) is 0 Å². The van der Waals surface area contributed by atoms with Gasteiger partial charge in [0.2, 0.25) is 0 Å². The average Bonchev–Trinajstić information content (AvgIpc) is 2.46. The molecule has 102 valence electrons. The van der Waals surface area contributed by atoms with Crippen molar-refractivity contribution >= 4 is 5.84 Å². The summed E-state index contributed by atoms with van der Waals surface area (Å²) in [4.78, 5) is 4.28. The Bertz CT molecular complexity index is 606. The standard InChI is InChI=1S/C17H19N3/c1-13(18)11-17(19)20-12-14-7-9-16(10-8-14)15-5-3-2-4-6-15/h2-11H,12,18H2,1H3,(H2,19,20). The van der Waals surface area contributed by atoms with Crippen molar-refractivity contribution in [3.63, 3.8) is 0 Å². The minimum atomic E-state index is 0.456. The number of hydrogen-bond acceptors (Lipinski definition) is 2. The molecule has 2 aromatic carbocycles. The van der Waals surface area contributed by atoms with Crippen molar-refractivity contribution in [2.45, 2.75) is 13.5 Å². The number of hydrogen-bond donors (Lipinski definition) is 2. The van der Waals surface area contributed by atoms with E-state index in [1.165, 1.54) is 11.1 Å². The highest BCUT2D eigenvalue weighted by atomic mass is 14.8. The molecule has 0 atom stereocenters. The summed E-state index contributed by atoms with van der Waals surface area (Å²) >= 11 is 0. The van der Waals surface area contributed by atoms with Crippen LogP contribution in [0.25, 0.3) is 11.1 Å². The second kappa shape index (κ2) is 6.57. The van der Waals surface area contributed by atoms with E-state index in [1.54, 1.807) is 13.0 Å². The van der Waals surface area contributed by atoms with E-state index < -0.39 is 0 Å². The molecule has 0 saturated heterocycles. The van der Waals surface area contributed by atoms with Crippen molar-refractivity contribution in [3.8, 4) is 11.1 Å². The minimum absolute atomic E-state index is 0.456. The first-order valence-corrected chi connectivity index (χ1v) is 6.53. The van der Waals surface area contributed by atoms with Crippen LogP contribution in [0.1, 0.15) is 12.5 Å². The second-order valence-corrected chi connectivity index (χ2v) is 4.69. The van der Waals surface area contributed by atoms with Gasteiger partial charge in [-0.25, -0.2) is 0 Å². The predicted molar refractivity (Wildman–Crippen MR) is 85.1 cm³/mol. The van der Waals surface area contributed by atoms with Crippen LogP contribution in [0, 0.1) is 0 Å². The van der Waals surface area contributed by atoms with Gasteiger partial charge in [-0.3, -0.25) is 4.99 Å². The number of nitrogens with zero attached hydrogens (tertiary/aromatic N) is 1. The fourth-order valence-corrected chi connectivity index (χ4v) is 1.89. The van der Waals surface area contributed by atoms with Crippen molar-refractivity contribution in [2.75, 3.05) is 0 Å². The number of allylic oxidation sites excluding steroid dienone is 1. The highest BCUT2D eigenvalue weighted by Gasteiger charge is 1.97. The second-order valence-electron chi connectivity index (χ2n) is 4.69. The third-order valence-electron chi connectivity index (χ3n) is 2.88. The third-order valence-corrected chi connectivity index (χ3v) is 2.88. The van der Waals surface area contributed by atoms with Gasteiger partial charge in [-0.15, -0.1) is 0 Å². The molecule has 2 rings (SSSR count). The molecule has 2 aromatic rings. The van der Waals surface area contributed by atoms with Crippen LogP contribution in [0.3, 0.4) is 0 Å². The molecule has 0 aliphatic carbocycles. The molecule has 20 heavy (non-hydrogen) atoms. The average molecular weight is 265 g/mol. The Morgan fingerprint density at radius 3 is 2.15 bits per heavy atom. The largest absolute Gasteiger partial charge is 0.402 e. The summed E-state index contributed by atoms with van der Waals surface area (Å²) in [5.74, 6) is 0.456. The molecule has 0 saturated carbocycles. The van der Waals surface area contributed by atoms with E-state index in [1.807, 2.05) is 18.2 Å². The van der Waals surface area contributed by atoms with E-state index in [0.717, 1.165) is 5.56 Å². The van der Waals surface area contributed by atoms with Crippen LogP contribution in [0.5, 0.6) is 0 Å². The van der Waals surface area contributed by atoms with E-state index >= 15 is 0 Å². The maximum atomic E-state index is 5.74. The van der Waals surface area contributed by atoms with Crippen LogP contribution < -0.4 is 11.5 Å². The molecule has 0 amide bonds. The SMILES string of the molecule is CC(N)=CC(N)=NCc1ccc(-c2ccccc2)cc1. The van der Waals surface area contributed by atoms with Gasteiger partial charge in [0.15, 0.2) is 0 Å². The summed E-state index contributed by atoms with van der Waals surface area (Å²) in [5, 5.41) is 0. The quantitative estimate of drug-likeness (QED) is 0.659. The molecule has 0 aliphatic rings. The molecule has 0 spiro atoms. The van der Waals surface area contributed by atoms with E-state index in [-0.39, 0.29) is 0 Å². The first-order valence-electron chi connectivity index (χ1n) is 6.53. The summed E-state index contributed by atoms with van der Waals surface area (Å²) in [5.41, 5.74) is 15.5. The molecular formula is C17H19N3. The lowest BCUT2D eigenvalue weighted by molar-refractivity contribution is 1.06. The van der Waals surface area contributed by atoms with E-state index in [4.69, 9.17) is 11.5 Å². The number of amidine groups is 1. The zero-order chi connectivity index (χ0) is 14.4. The Hall–Kier alpha value is -2.55. The Balaban J connectivity index is 2.08. The number of rotatable bonds is 4. The number of nitrogens with two attached hydrogens (primary N) is 2. The van der Waals surface area contributed by atoms with Gasteiger partial charge >= 0.3 is 0 Å². The molecule has 3 nitrogen and oxygen atoms in total. The molecule has 0 radical (unpaired) electrons. The molecule has 0 aromatic heterocycles. The Morgan fingerprint density at radius 1 is 0.950 bits per heavy atom. The molecule has 0 unspecified atom stereocenters. The highest BCUT2D eigenvalue weighted by Crippen LogP contribution is 2.19. The normalized spacial score (nSPS) is 12.4. The van der Waals surface area contributed by atoms with Crippen molar-refractivity contribution in [2.24, 2.45) is 16.5 Å². The van der Waals surface area contributed by atoms with Crippen LogP contribution in [-0.4, -0.2) is 5.84 Å². The zero-order valence-electron chi connectivity index (χ0n) is 11.6. The fourth-order valence-electron chi connectivity index (χ4n) is 1.89. The Kier molecular flexibility index (Phi) is 4.56. The van der Waals surface area contributed by atoms with Crippen LogP contribution in [0.15, 0.2) is 71.4 Å². The van der Waals surface area contributed by atoms with Gasteiger partial charge in [-0.05, 0) is 29.7 Å². The van der Waals surface area contributed by atoms with Gasteiger partial charge in [-0.2, -0.15) is 0 Å². The maximum Gasteiger partial charge on any atom is 0.120 e. The summed E-state index contributed by atoms with van der Waals surface area (Å²) in [6.07, 6.45) is 1.67. The fraction of sp³-hybridized carbons (Fsp3) is 0.118. The topological polar surface area (TPSA) is 64.4 Å². The summed E-state index contributed by atoms with van der Waals surface area (Å²) in [7, 11) is 0. The minimum Gasteiger partial charge on any atom is -0.402 e. The monoisotopic (exact) mass is 265 g/mol. The van der Waals surface area contributed by atoms with Crippen molar-refractivity contribution < 1.29 is 0 Å². The van der Waals surface area contributed by atoms with Gasteiger partial charge in [0.1, 0.15) is 5.84 Å². The van der Waals surface area contributed by atoms with Crippen molar-refractivity contribution in [1.82, 2.24) is 0 Å². The molecule has 3 heteroatoms. The molecular weight excluding hydrogens is 246 g/mol. The van der Waals surface area contributed by atoms with E-state index in [0.29, 0.717) is 18.1 Å². The lowest BCUT2D eigenvalue weighted by Gasteiger charge is -2.03. The smallest absolute Gasteiger partial charge is 0.120 e. The van der Waals surface area contributed by atoms with Gasteiger partial charge in [0, 0.05) is 5.70 Å². The van der Waals surface area contributed by atoms with Crippen LogP contribution in [0.2, 0.25) is 0 Å². The zero-order valence-corrected chi connectivity index (χ0v) is 11.6. The van der Waals surface area contributed by atoms with Crippen molar-refractivity contribution in [1.29, 1.82) is 0 Å². The summed E-state index contributed by atoms with van der Waals surface area (Å²) < 4.78 is 0. The molecule has 0 heterocycles. The molecule has 4 N–H and O–H groups in total. The van der Waals surface area contributed by atoms with E-state index in [2.05, 4.69) is 41.4 Å². The van der Waals surface area contributed by atoms with Crippen molar-refractivity contribution in [3.05, 3.63) is 71.9 Å². The Labute approximate surface area is 119 Å². The van der Waals surface area contributed by atoms with Gasteiger partial charge in [0.05, 0.1) is 6.54 Å². The Morgan fingerprint density at radius 2 is 1.55 bits per heavy atom. The highest BCUT2D eigenvalue weighted by molar-refractivity contribution is 5.91. The van der Waals surface area contributed by atoms with Gasteiger partial charge in [-0.1, -0.05) is 54.6 Å². The summed E-state index contributed by atoms with van der Waals surface area (Å²) in [6, 6.07) is 18.6. The van der Waals surface area contributed by atoms with Crippen LogP contribution >= 0.6 is 0 Å². The van der Waals surface area contributed by atoms with Gasteiger partial charge in [0.25, 0.3) is 0 Å². The molecule has 0 bridgehead atoms. The lowest BCUT2D eigenvalue weighted by Crippen LogP contribution is -2.10. The molecule has 0 aliphatic heterocycles. The van der Waals surface area contributed by atoms with Crippen LogP contribution in [-0.2, 0) is 6.54 Å². The first-order chi connectivity index (χ1) is 9.65. The van der Waals surface area contributed by atoms with Gasteiger partial charge < -0.3 is 11.5 Å². The number of benzene rings is 2. The first kappa shape index (κ1) is 13.9. The maximum absolute atomic E-state index is 5.74.